The molecule has 1 aromatic heterocycles. The number of hydrogen-bond donors (Lipinski definition) is 0. The van der Waals surface area contributed by atoms with Crippen molar-refractivity contribution in [2.24, 2.45) is 0 Å². The van der Waals surface area contributed by atoms with E-state index in [1.165, 1.54) is 18.2 Å². The first kappa shape index (κ1) is 21.9. The summed E-state index contributed by atoms with van der Waals surface area (Å²) in [6.45, 7) is 1.84. The van der Waals surface area contributed by atoms with Gasteiger partial charge in [0.05, 0.1) is 17.7 Å². The summed E-state index contributed by atoms with van der Waals surface area (Å²) in [5.74, 6) is -1.95. The predicted octanol–water partition coefficient (Wildman–Crippen LogP) is 2.95. The van der Waals surface area contributed by atoms with E-state index in [1.54, 1.807) is 37.3 Å². The molecule has 2 amide bonds. The zero-order valence-electron chi connectivity index (χ0n) is 17.7. The minimum atomic E-state index is -0.856. The third-order valence-corrected chi connectivity index (χ3v) is 5.08. The van der Waals surface area contributed by atoms with Crippen LogP contribution in [0.4, 0.5) is 0 Å². The Morgan fingerprint density at radius 3 is 2.33 bits per heavy atom. The van der Waals surface area contributed by atoms with Gasteiger partial charge in [0.25, 0.3) is 11.8 Å². The number of nitrogens with zero attached hydrogens (tertiary/aromatic N) is 1. The van der Waals surface area contributed by atoms with E-state index in [1.807, 2.05) is 0 Å². The number of hydrogen-bond acceptors (Lipinski definition) is 8. The normalized spacial score (nSPS) is 12.7. The monoisotopic (exact) mass is 449 g/mol. The second-order valence-electron chi connectivity index (χ2n) is 7.25. The summed E-state index contributed by atoms with van der Waals surface area (Å²) in [6.07, 6.45) is 0.201. The summed E-state index contributed by atoms with van der Waals surface area (Å²) < 4.78 is 15.3. The lowest BCUT2D eigenvalue weighted by atomic mass is 10.1. The summed E-state index contributed by atoms with van der Waals surface area (Å²) in [4.78, 5) is 61.9. The average molecular weight is 449 g/mol. The van der Waals surface area contributed by atoms with Gasteiger partial charge in [-0.1, -0.05) is 12.1 Å². The second-order valence-corrected chi connectivity index (χ2v) is 7.25. The zero-order chi connectivity index (χ0) is 23.5. The molecule has 33 heavy (non-hydrogen) atoms. The van der Waals surface area contributed by atoms with Gasteiger partial charge in [0.1, 0.15) is 16.9 Å². The van der Waals surface area contributed by atoms with Crippen LogP contribution in [0, 0.1) is 0 Å². The van der Waals surface area contributed by atoms with E-state index in [2.05, 4.69) is 0 Å². The number of carbonyl (C=O) groups is 4. The molecule has 9 nitrogen and oxygen atoms in total. The number of ether oxygens (including phenoxy) is 2. The Kier molecular flexibility index (Phi) is 6.03. The molecule has 0 saturated heterocycles. The van der Waals surface area contributed by atoms with E-state index in [0.717, 1.165) is 4.90 Å². The number of esters is 2. The van der Waals surface area contributed by atoms with E-state index in [0.29, 0.717) is 16.5 Å². The quantitative estimate of drug-likeness (QED) is 0.234. The second kappa shape index (κ2) is 9.07. The molecular weight excluding hydrogens is 430 g/mol. The molecule has 0 saturated carbocycles. The average Bonchev–Trinajstić information content (AvgIpc) is 3.03. The molecule has 0 unspecified atom stereocenters. The number of imide groups is 1. The van der Waals surface area contributed by atoms with E-state index < -0.39 is 17.6 Å². The molecule has 0 bridgehead atoms. The Bertz CT molecular complexity index is 1300. The molecule has 1 aliphatic heterocycles. The van der Waals surface area contributed by atoms with E-state index in [9.17, 15) is 24.0 Å². The molecule has 0 fully saturated rings. The maximum absolute atomic E-state index is 12.4. The van der Waals surface area contributed by atoms with Crippen molar-refractivity contribution >= 4 is 34.7 Å². The van der Waals surface area contributed by atoms with Crippen molar-refractivity contribution in [3.8, 4) is 5.75 Å². The van der Waals surface area contributed by atoms with Gasteiger partial charge in [0.2, 0.25) is 0 Å². The maximum Gasteiger partial charge on any atom is 0.351 e. The summed E-state index contributed by atoms with van der Waals surface area (Å²) in [6, 6.07) is 12.3. The fourth-order valence-electron chi connectivity index (χ4n) is 3.51. The van der Waals surface area contributed by atoms with E-state index in [-0.39, 0.29) is 54.7 Å². The third-order valence-electron chi connectivity index (χ3n) is 5.08. The van der Waals surface area contributed by atoms with Gasteiger partial charge >= 0.3 is 17.6 Å². The summed E-state index contributed by atoms with van der Waals surface area (Å²) >= 11 is 0. The molecule has 0 radical (unpaired) electrons. The first-order valence-electron chi connectivity index (χ1n) is 10.3. The van der Waals surface area contributed by atoms with Crippen molar-refractivity contribution in [3.63, 3.8) is 0 Å². The van der Waals surface area contributed by atoms with Crippen LogP contribution < -0.4 is 10.4 Å². The predicted molar refractivity (Wildman–Crippen MR) is 115 cm³/mol. The number of benzene rings is 2. The van der Waals surface area contributed by atoms with Crippen LogP contribution >= 0.6 is 0 Å². The Labute approximate surface area is 187 Å². The van der Waals surface area contributed by atoms with Gasteiger partial charge in [-0.25, -0.2) is 9.59 Å². The van der Waals surface area contributed by atoms with Crippen molar-refractivity contribution in [2.75, 3.05) is 13.2 Å². The van der Waals surface area contributed by atoms with Gasteiger partial charge in [-0.05, 0) is 43.7 Å². The summed E-state index contributed by atoms with van der Waals surface area (Å²) in [5, 5.41) is 0.461. The summed E-state index contributed by atoms with van der Waals surface area (Å²) in [7, 11) is 0. The van der Waals surface area contributed by atoms with Gasteiger partial charge in [0.15, 0.2) is 0 Å². The number of amides is 2. The van der Waals surface area contributed by atoms with Crippen LogP contribution in [0.3, 0.4) is 0 Å². The first-order chi connectivity index (χ1) is 15.9. The minimum Gasteiger partial charge on any atom is -0.462 e. The Morgan fingerprint density at radius 2 is 1.67 bits per heavy atom. The molecule has 2 aromatic carbocycles. The first-order valence-corrected chi connectivity index (χ1v) is 10.3. The molecule has 9 heteroatoms. The molecule has 0 N–H and O–H groups in total. The number of fused-ring (bicyclic) bond motifs is 2. The van der Waals surface area contributed by atoms with Crippen molar-refractivity contribution in [1.82, 2.24) is 4.90 Å². The zero-order valence-corrected chi connectivity index (χ0v) is 17.7. The molecule has 3 aromatic rings. The lowest BCUT2D eigenvalue weighted by Crippen LogP contribution is -2.31. The minimum absolute atomic E-state index is 0.0306. The fraction of sp³-hybridized carbons (Fsp3) is 0.208. The highest BCUT2D eigenvalue weighted by Gasteiger charge is 2.34. The van der Waals surface area contributed by atoms with Crippen LogP contribution in [0.5, 0.6) is 5.75 Å². The fourth-order valence-corrected chi connectivity index (χ4v) is 3.51. The topological polar surface area (TPSA) is 120 Å². The maximum atomic E-state index is 12.4. The van der Waals surface area contributed by atoms with E-state index in [4.69, 9.17) is 13.9 Å². The molecule has 2 heterocycles. The molecule has 0 atom stereocenters. The van der Waals surface area contributed by atoms with Crippen LogP contribution in [0.25, 0.3) is 11.0 Å². The lowest BCUT2D eigenvalue weighted by molar-refractivity contribution is -0.134. The van der Waals surface area contributed by atoms with Gasteiger partial charge in [-0.2, -0.15) is 0 Å². The van der Waals surface area contributed by atoms with Crippen molar-refractivity contribution in [3.05, 3.63) is 75.6 Å². The van der Waals surface area contributed by atoms with Crippen LogP contribution in [-0.4, -0.2) is 41.8 Å². The highest BCUT2D eigenvalue weighted by atomic mass is 16.5. The SMILES string of the molecule is CCOC(=O)c1cc2ccc(OC(=O)CCCN3C(=O)c4ccccc4C3=O)cc2oc1=O. The Hall–Kier alpha value is -4.27. The highest BCUT2D eigenvalue weighted by molar-refractivity contribution is 6.21. The molecular formula is C24H19NO8. The highest BCUT2D eigenvalue weighted by Crippen LogP contribution is 2.24. The number of carbonyl (C=O) groups excluding carboxylic acids is 4. The smallest absolute Gasteiger partial charge is 0.351 e. The summed E-state index contributed by atoms with van der Waals surface area (Å²) in [5.41, 5.74) is -0.223. The van der Waals surface area contributed by atoms with Gasteiger partial charge in [0, 0.05) is 24.4 Å². The molecule has 0 spiro atoms. The van der Waals surface area contributed by atoms with Gasteiger partial charge in [-0.3, -0.25) is 19.3 Å². The van der Waals surface area contributed by atoms with Crippen LogP contribution in [0.2, 0.25) is 0 Å². The Morgan fingerprint density at radius 1 is 0.970 bits per heavy atom. The largest absolute Gasteiger partial charge is 0.462 e. The number of rotatable bonds is 7. The van der Waals surface area contributed by atoms with Gasteiger partial charge < -0.3 is 13.9 Å². The third kappa shape index (κ3) is 4.38. The van der Waals surface area contributed by atoms with Crippen LogP contribution in [0.1, 0.15) is 50.8 Å². The van der Waals surface area contributed by atoms with Crippen molar-refractivity contribution < 1.29 is 33.1 Å². The Balaban J connectivity index is 1.37. The molecule has 4 rings (SSSR count). The van der Waals surface area contributed by atoms with Crippen LogP contribution in [0.15, 0.2) is 57.7 Å². The molecule has 168 valence electrons. The lowest BCUT2D eigenvalue weighted by Gasteiger charge is -2.13. The van der Waals surface area contributed by atoms with Crippen molar-refractivity contribution in [2.45, 2.75) is 19.8 Å². The van der Waals surface area contributed by atoms with Crippen LogP contribution in [-0.2, 0) is 9.53 Å². The van der Waals surface area contributed by atoms with Crippen molar-refractivity contribution in [1.29, 1.82) is 0 Å². The van der Waals surface area contributed by atoms with Gasteiger partial charge in [-0.15, -0.1) is 0 Å². The molecule has 0 aliphatic carbocycles. The van der Waals surface area contributed by atoms with E-state index >= 15 is 0 Å². The molecule has 1 aliphatic rings. The standard InChI is InChI=1S/C24H19NO8/c1-2-31-23(29)18-12-14-9-10-15(13-19(14)33-24(18)30)32-20(26)8-5-11-25-21(27)16-6-3-4-7-17(16)22(25)28/h3-4,6-7,9-10,12-13H,2,5,8,11H2,1H3.